The van der Waals surface area contributed by atoms with Gasteiger partial charge in [0.05, 0.1) is 6.04 Å². The third-order valence-corrected chi connectivity index (χ3v) is 4.06. The zero-order valence-corrected chi connectivity index (χ0v) is 13.2. The number of hydrogen-bond acceptors (Lipinski definition) is 3. The van der Waals surface area contributed by atoms with Crippen LogP contribution < -0.4 is 5.32 Å². The lowest BCUT2D eigenvalue weighted by molar-refractivity contribution is -0.130. The second-order valence-corrected chi connectivity index (χ2v) is 6.86. The van der Waals surface area contributed by atoms with E-state index in [1.807, 2.05) is 46.0 Å². The van der Waals surface area contributed by atoms with E-state index < -0.39 is 6.04 Å². The molecule has 21 heavy (non-hydrogen) atoms. The van der Waals surface area contributed by atoms with E-state index in [1.54, 1.807) is 6.20 Å². The van der Waals surface area contributed by atoms with Crippen molar-refractivity contribution in [1.29, 1.82) is 0 Å². The van der Waals surface area contributed by atoms with Gasteiger partial charge in [-0.2, -0.15) is 0 Å². The fourth-order valence-corrected chi connectivity index (χ4v) is 2.68. The standard InChI is InChI=1S/C17H24N2O2/c1-5-14(20)15(17(2,3)4)19-16(21)13-9-12(13)11-7-6-8-18-10-11/h6-8,10,12-13,15H,5,9H2,1-4H3,(H,19,21)/t12-,13?,15?/m0/s1. The molecule has 1 heterocycles. The molecule has 0 bridgehead atoms. The average molecular weight is 288 g/mol. The Morgan fingerprint density at radius 1 is 1.43 bits per heavy atom. The summed E-state index contributed by atoms with van der Waals surface area (Å²) in [5.74, 6) is 0.305. The number of pyridine rings is 1. The zero-order chi connectivity index (χ0) is 15.6. The van der Waals surface area contributed by atoms with Crippen LogP contribution in [0.1, 0.15) is 52.0 Å². The molecule has 1 aliphatic rings. The van der Waals surface area contributed by atoms with E-state index in [0.29, 0.717) is 6.42 Å². The number of nitrogens with zero attached hydrogens (tertiary/aromatic N) is 1. The maximum absolute atomic E-state index is 12.4. The van der Waals surface area contributed by atoms with Gasteiger partial charge in [0, 0.05) is 24.7 Å². The van der Waals surface area contributed by atoms with Crippen LogP contribution in [0.3, 0.4) is 0 Å². The maximum Gasteiger partial charge on any atom is 0.224 e. The van der Waals surface area contributed by atoms with Gasteiger partial charge in [-0.15, -0.1) is 0 Å². The van der Waals surface area contributed by atoms with Crippen molar-refractivity contribution in [3.63, 3.8) is 0 Å². The molecule has 2 rings (SSSR count). The van der Waals surface area contributed by atoms with E-state index in [9.17, 15) is 9.59 Å². The van der Waals surface area contributed by atoms with E-state index in [1.165, 1.54) is 0 Å². The maximum atomic E-state index is 12.4. The van der Waals surface area contributed by atoms with Crippen molar-refractivity contribution in [2.24, 2.45) is 11.3 Å². The second-order valence-electron chi connectivity index (χ2n) is 6.86. The van der Waals surface area contributed by atoms with Crippen LogP contribution in [0.2, 0.25) is 0 Å². The van der Waals surface area contributed by atoms with Crippen LogP contribution >= 0.6 is 0 Å². The lowest BCUT2D eigenvalue weighted by atomic mass is 9.83. The second kappa shape index (κ2) is 5.96. The third-order valence-electron chi connectivity index (χ3n) is 4.06. The first-order valence-corrected chi connectivity index (χ1v) is 7.57. The molecule has 1 aliphatic carbocycles. The topological polar surface area (TPSA) is 59.1 Å². The molecule has 2 unspecified atom stereocenters. The van der Waals surface area contributed by atoms with Crippen molar-refractivity contribution in [3.8, 4) is 0 Å². The Kier molecular flexibility index (Phi) is 4.45. The number of nitrogens with one attached hydrogen (secondary N) is 1. The van der Waals surface area contributed by atoms with Gasteiger partial charge in [-0.1, -0.05) is 33.8 Å². The predicted molar refractivity (Wildman–Crippen MR) is 81.8 cm³/mol. The molecule has 1 aromatic rings. The highest BCUT2D eigenvalue weighted by atomic mass is 16.2. The van der Waals surface area contributed by atoms with Crippen molar-refractivity contribution >= 4 is 11.7 Å². The number of aromatic nitrogens is 1. The summed E-state index contributed by atoms with van der Waals surface area (Å²) in [5, 5.41) is 2.96. The Morgan fingerprint density at radius 2 is 2.14 bits per heavy atom. The monoisotopic (exact) mass is 288 g/mol. The SMILES string of the molecule is CCC(=O)C(NC(=O)C1C[C@H]1c1cccnc1)C(C)(C)C. The molecule has 1 saturated carbocycles. The number of carbonyl (C=O) groups is 2. The van der Waals surface area contributed by atoms with Crippen LogP contribution in [0.4, 0.5) is 0 Å². The largest absolute Gasteiger partial charge is 0.346 e. The summed E-state index contributed by atoms with van der Waals surface area (Å²) in [5.41, 5.74) is 0.841. The van der Waals surface area contributed by atoms with Gasteiger partial charge in [-0.25, -0.2) is 0 Å². The van der Waals surface area contributed by atoms with Crippen molar-refractivity contribution in [3.05, 3.63) is 30.1 Å². The lowest BCUT2D eigenvalue weighted by Crippen LogP contribution is -2.49. The number of amides is 1. The normalized spacial score (nSPS) is 22.5. The fourth-order valence-electron chi connectivity index (χ4n) is 2.68. The zero-order valence-electron chi connectivity index (χ0n) is 13.2. The van der Waals surface area contributed by atoms with Crippen LogP contribution in [0.5, 0.6) is 0 Å². The summed E-state index contributed by atoms with van der Waals surface area (Å²) >= 11 is 0. The molecule has 0 aromatic carbocycles. The molecule has 4 nitrogen and oxygen atoms in total. The summed E-state index contributed by atoms with van der Waals surface area (Å²) in [6, 6.07) is 3.48. The Labute approximate surface area is 126 Å². The summed E-state index contributed by atoms with van der Waals surface area (Å²) in [7, 11) is 0. The predicted octanol–water partition coefficient (Wildman–Crippen LogP) is 2.70. The molecule has 114 valence electrons. The van der Waals surface area contributed by atoms with Crippen molar-refractivity contribution < 1.29 is 9.59 Å². The van der Waals surface area contributed by atoms with Gasteiger partial charge in [0.15, 0.2) is 5.78 Å². The Morgan fingerprint density at radius 3 is 2.67 bits per heavy atom. The van der Waals surface area contributed by atoms with Crippen LogP contribution in [-0.4, -0.2) is 22.7 Å². The molecule has 1 N–H and O–H groups in total. The molecule has 0 radical (unpaired) electrons. The molecule has 0 saturated heterocycles. The molecule has 1 amide bonds. The van der Waals surface area contributed by atoms with Crippen molar-refractivity contribution in [2.75, 3.05) is 0 Å². The van der Waals surface area contributed by atoms with Gasteiger partial charge in [-0.05, 0) is 29.4 Å². The van der Waals surface area contributed by atoms with Crippen molar-refractivity contribution in [2.45, 2.75) is 52.5 Å². The molecule has 3 atom stereocenters. The van der Waals surface area contributed by atoms with Gasteiger partial charge >= 0.3 is 0 Å². The number of Topliss-reactive ketones (excluding diaryl/α,β-unsaturated/α-hetero) is 1. The van der Waals surface area contributed by atoms with Gasteiger partial charge in [0.25, 0.3) is 0 Å². The Bertz CT molecular complexity index is 519. The van der Waals surface area contributed by atoms with Crippen LogP contribution in [0.15, 0.2) is 24.5 Å². The van der Waals surface area contributed by atoms with Gasteiger partial charge in [-0.3, -0.25) is 14.6 Å². The highest BCUT2D eigenvalue weighted by Gasteiger charge is 2.45. The fraction of sp³-hybridized carbons (Fsp3) is 0.588. The van der Waals surface area contributed by atoms with E-state index in [4.69, 9.17) is 0 Å². The van der Waals surface area contributed by atoms with Gasteiger partial charge in [0.1, 0.15) is 0 Å². The average Bonchev–Trinajstić information content (AvgIpc) is 3.24. The molecular weight excluding hydrogens is 264 g/mol. The highest BCUT2D eigenvalue weighted by Crippen LogP contribution is 2.47. The van der Waals surface area contributed by atoms with E-state index in [-0.39, 0.29) is 28.9 Å². The van der Waals surface area contributed by atoms with Gasteiger partial charge in [0.2, 0.25) is 5.91 Å². The Balaban J connectivity index is 2.00. The summed E-state index contributed by atoms with van der Waals surface area (Å²) in [6.07, 6.45) is 4.83. The summed E-state index contributed by atoms with van der Waals surface area (Å²) < 4.78 is 0. The smallest absolute Gasteiger partial charge is 0.224 e. The molecule has 0 spiro atoms. The van der Waals surface area contributed by atoms with E-state index in [0.717, 1.165) is 12.0 Å². The Hall–Kier alpha value is -1.71. The minimum Gasteiger partial charge on any atom is -0.346 e. The highest BCUT2D eigenvalue weighted by molar-refractivity contribution is 5.91. The first kappa shape index (κ1) is 15.7. The number of hydrogen-bond donors (Lipinski definition) is 1. The van der Waals surface area contributed by atoms with E-state index >= 15 is 0 Å². The molecule has 4 heteroatoms. The summed E-state index contributed by atoms with van der Waals surface area (Å²) in [6.45, 7) is 7.79. The molecule has 1 aromatic heterocycles. The number of carbonyl (C=O) groups excluding carboxylic acids is 2. The number of rotatable bonds is 5. The minimum absolute atomic E-state index is 0.00872. The lowest BCUT2D eigenvalue weighted by Gasteiger charge is -2.30. The first-order valence-electron chi connectivity index (χ1n) is 7.57. The molecule has 1 fully saturated rings. The van der Waals surface area contributed by atoms with Gasteiger partial charge < -0.3 is 5.32 Å². The molecule has 0 aliphatic heterocycles. The van der Waals surface area contributed by atoms with Crippen LogP contribution in [-0.2, 0) is 9.59 Å². The number of ketones is 1. The van der Waals surface area contributed by atoms with E-state index in [2.05, 4.69) is 10.3 Å². The quantitative estimate of drug-likeness (QED) is 0.906. The van der Waals surface area contributed by atoms with Crippen molar-refractivity contribution in [1.82, 2.24) is 10.3 Å². The minimum atomic E-state index is -0.412. The first-order chi connectivity index (χ1) is 9.84. The third kappa shape index (κ3) is 3.69. The molecular formula is C17H24N2O2. The summed E-state index contributed by atoms with van der Waals surface area (Å²) in [4.78, 5) is 28.5. The van der Waals surface area contributed by atoms with Crippen LogP contribution in [0, 0.1) is 11.3 Å². The van der Waals surface area contributed by atoms with Crippen LogP contribution in [0.25, 0.3) is 0 Å².